The minimum absolute atomic E-state index is 0.0347. The number of ether oxygens (including phenoxy) is 1. The molecule has 0 radical (unpaired) electrons. The minimum Gasteiger partial charge on any atom is -0.481 e. The van der Waals surface area contributed by atoms with Crippen LogP contribution in [0.1, 0.15) is 25.8 Å². The summed E-state index contributed by atoms with van der Waals surface area (Å²) in [5, 5.41) is 11.7. The van der Waals surface area contributed by atoms with Crippen LogP contribution in [0.2, 0.25) is 0 Å². The monoisotopic (exact) mass is 359 g/mol. The number of carboxylic acid groups (broad SMARTS) is 1. The van der Waals surface area contributed by atoms with Gasteiger partial charge in [-0.05, 0) is 42.7 Å². The standard InChI is InChI=1S/C20H22FNO4/c1-3-17(26-18-7-5-4-6-16(18)21)19(23)22-15-10-8-14(9-11-15)12-13(2)20(24)25/h4-11,13,17H,3,12H2,1-2H3,(H,22,23)(H,24,25). The number of benzene rings is 2. The zero-order valence-corrected chi connectivity index (χ0v) is 14.7. The van der Waals surface area contributed by atoms with E-state index in [2.05, 4.69) is 5.32 Å². The van der Waals surface area contributed by atoms with Crippen molar-refractivity contribution in [3.8, 4) is 5.75 Å². The third-order valence-corrected chi connectivity index (χ3v) is 3.95. The molecule has 0 aromatic heterocycles. The first-order valence-corrected chi connectivity index (χ1v) is 8.44. The molecule has 0 aliphatic rings. The quantitative estimate of drug-likeness (QED) is 0.750. The zero-order valence-electron chi connectivity index (χ0n) is 14.7. The number of hydrogen-bond acceptors (Lipinski definition) is 3. The average Bonchev–Trinajstić information content (AvgIpc) is 2.62. The van der Waals surface area contributed by atoms with Crippen LogP contribution in [0.15, 0.2) is 48.5 Å². The van der Waals surface area contributed by atoms with E-state index >= 15 is 0 Å². The average molecular weight is 359 g/mol. The number of hydrogen-bond donors (Lipinski definition) is 2. The normalized spacial score (nSPS) is 12.9. The fraction of sp³-hybridized carbons (Fsp3) is 0.300. The van der Waals surface area contributed by atoms with Crippen molar-refractivity contribution < 1.29 is 23.8 Å². The van der Waals surface area contributed by atoms with Crippen LogP contribution in [0, 0.1) is 11.7 Å². The van der Waals surface area contributed by atoms with Crippen LogP contribution in [0.25, 0.3) is 0 Å². The third kappa shape index (κ3) is 5.31. The van der Waals surface area contributed by atoms with Crippen molar-refractivity contribution in [1.29, 1.82) is 0 Å². The Morgan fingerprint density at radius 2 is 1.81 bits per heavy atom. The lowest BCUT2D eigenvalue weighted by atomic mass is 10.0. The molecule has 0 saturated carbocycles. The number of amides is 1. The number of carbonyl (C=O) groups is 2. The fourth-order valence-electron chi connectivity index (χ4n) is 2.40. The molecule has 2 N–H and O–H groups in total. The number of carbonyl (C=O) groups excluding carboxylic acids is 1. The third-order valence-electron chi connectivity index (χ3n) is 3.95. The van der Waals surface area contributed by atoms with Crippen molar-refractivity contribution in [1.82, 2.24) is 0 Å². The van der Waals surface area contributed by atoms with Crippen molar-refractivity contribution in [3.63, 3.8) is 0 Å². The molecular weight excluding hydrogens is 337 g/mol. The highest BCUT2D eigenvalue weighted by molar-refractivity contribution is 5.94. The van der Waals surface area contributed by atoms with Crippen LogP contribution >= 0.6 is 0 Å². The second kappa shape index (κ2) is 8.99. The highest BCUT2D eigenvalue weighted by atomic mass is 19.1. The van der Waals surface area contributed by atoms with Crippen molar-refractivity contribution in [3.05, 3.63) is 59.9 Å². The fourth-order valence-corrected chi connectivity index (χ4v) is 2.40. The number of halogens is 1. The summed E-state index contributed by atoms with van der Waals surface area (Å²) in [6.07, 6.45) is -0.0232. The maximum atomic E-state index is 13.7. The molecule has 2 aromatic carbocycles. The van der Waals surface area contributed by atoms with Gasteiger partial charge in [-0.1, -0.05) is 38.1 Å². The van der Waals surface area contributed by atoms with Crippen LogP contribution in [-0.2, 0) is 16.0 Å². The summed E-state index contributed by atoms with van der Waals surface area (Å²) in [5.41, 5.74) is 1.44. The molecule has 0 saturated heterocycles. The Labute approximate surface area is 151 Å². The van der Waals surface area contributed by atoms with E-state index in [1.54, 1.807) is 50.2 Å². The molecular formula is C20H22FNO4. The first-order chi connectivity index (χ1) is 12.4. The molecule has 0 heterocycles. The van der Waals surface area contributed by atoms with Crippen molar-refractivity contribution in [2.75, 3.05) is 5.32 Å². The lowest BCUT2D eigenvalue weighted by Gasteiger charge is -2.18. The Balaban J connectivity index is 1.99. The van der Waals surface area contributed by atoms with Gasteiger partial charge < -0.3 is 15.2 Å². The second-order valence-electron chi connectivity index (χ2n) is 6.07. The molecule has 0 aliphatic carbocycles. The Morgan fingerprint density at radius 1 is 1.15 bits per heavy atom. The van der Waals surface area contributed by atoms with Crippen LogP contribution < -0.4 is 10.1 Å². The number of anilines is 1. The van der Waals surface area contributed by atoms with Crippen molar-refractivity contribution in [2.45, 2.75) is 32.8 Å². The summed E-state index contributed by atoms with van der Waals surface area (Å²) in [6.45, 7) is 3.42. The van der Waals surface area contributed by atoms with Gasteiger partial charge in [0.2, 0.25) is 0 Å². The summed E-state index contributed by atoms with van der Waals surface area (Å²) < 4.78 is 19.2. The summed E-state index contributed by atoms with van der Waals surface area (Å²) in [6, 6.07) is 12.9. The zero-order chi connectivity index (χ0) is 19.1. The van der Waals surface area contributed by atoms with E-state index in [4.69, 9.17) is 9.84 Å². The Hall–Kier alpha value is -2.89. The van der Waals surface area contributed by atoms with Crippen molar-refractivity contribution >= 4 is 17.6 Å². The van der Waals surface area contributed by atoms with Gasteiger partial charge in [0.25, 0.3) is 5.91 Å². The Kier molecular flexibility index (Phi) is 6.72. The van der Waals surface area contributed by atoms with Crippen LogP contribution in [0.3, 0.4) is 0 Å². The van der Waals surface area contributed by atoms with Crippen LogP contribution in [0.4, 0.5) is 10.1 Å². The molecule has 2 unspecified atom stereocenters. The highest BCUT2D eigenvalue weighted by Gasteiger charge is 2.20. The molecule has 2 rings (SSSR count). The van der Waals surface area contributed by atoms with Crippen LogP contribution in [0.5, 0.6) is 5.75 Å². The van der Waals surface area contributed by atoms with E-state index in [0.29, 0.717) is 18.5 Å². The maximum Gasteiger partial charge on any atom is 0.306 e. The SMILES string of the molecule is CCC(Oc1ccccc1F)C(=O)Nc1ccc(CC(C)C(=O)O)cc1. The number of para-hydroxylation sites is 1. The van der Waals surface area contributed by atoms with Gasteiger partial charge >= 0.3 is 5.97 Å². The number of carboxylic acids is 1. The van der Waals surface area contributed by atoms with E-state index in [-0.39, 0.29) is 11.7 Å². The lowest BCUT2D eigenvalue weighted by Crippen LogP contribution is -2.32. The molecule has 5 nitrogen and oxygen atoms in total. The summed E-state index contributed by atoms with van der Waals surface area (Å²) in [5.74, 6) is -2.18. The van der Waals surface area contributed by atoms with Gasteiger partial charge in [-0.25, -0.2) is 4.39 Å². The van der Waals surface area contributed by atoms with E-state index in [0.717, 1.165) is 5.56 Å². The van der Waals surface area contributed by atoms with Gasteiger partial charge in [0.15, 0.2) is 17.7 Å². The number of nitrogens with one attached hydrogen (secondary N) is 1. The topological polar surface area (TPSA) is 75.6 Å². The minimum atomic E-state index is -0.849. The van der Waals surface area contributed by atoms with Crippen LogP contribution in [-0.4, -0.2) is 23.1 Å². The molecule has 0 fully saturated rings. The lowest BCUT2D eigenvalue weighted by molar-refractivity contribution is -0.141. The first-order valence-electron chi connectivity index (χ1n) is 8.44. The van der Waals surface area contributed by atoms with Gasteiger partial charge in [-0.2, -0.15) is 0 Å². The second-order valence-corrected chi connectivity index (χ2v) is 6.07. The van der Waals surface area contributed by atoms with Gasteiger partial charge in [0.05, 0.1) is 5.92 Å². The van der Waals surface area contributed by atoms with E-state index in [1.807, 2.05) is 0 Å². The van der Waals surface area contributed by atoms with E-state index < -0.39 is 23.8 Å². The van der Waals surface area contributed by atoms with Crippen molar-refractivity contribution in [2.24, 2.45) is 5.92 Å². The summed E-state index contributed by atoms with van der Waals surface area (Å²) in [4.78, 5) is 23.3. The van der Waals surface area contributed by atoms with Gasteiger partial charge in [0.1, 0.15) is 0 Å². The van der Waals surface area contributed by atoms with E-state index in [9.17, 15) is 14.0 Å². The molecule has 0 aliphatic heterocycles. The predicted molar refractivity (Wildman–Crippen MR) is 96.7 cm³/mol. The molecule has 6 heteroatoms. The summed E-state index contributed by atoms with van der Waals surface area (Å²) >= 11 is 0. The van der Waals surface area contributed by atoms with E-state index in [1.165, 1.54) is 12.1 Å². The molecule has 2 atom stereocenters. The Bertz CT molecular complexity index is 761. The summed E-state index contributed by atoms with van der Waals surface area (Å²) in [7, 11) is 0. The molecule has 138 valence electrons. The van der Waals surface area contributed by atoms with Gasteiger partial charge in [-0.15, -0.1) is 0 Å². The number of aliphatic carboxylic acids is 1. The maximum absolute atomic E-state index is 13.7. The Morgan fingerprint density at radius 3 is 2.38 bits per heavy atom. The highest BCUT2D eigenvalue weighted by Crippen LogP contribution is 2.19. The van der Waals surface area contributed by atoms with Gasteiger partial charge in [-0.3, -0.25) is 9.59 Å². The largest absolute Gasteiger partial charge is 0.481 e. The number of rotatable bonds is 8. The molecule has 0 spiro atoms. The molecule has 26 heavy (non-hydrogen) atoms. The molecule has 0 bridgehead atoms. The molecule has 1 amide bonds. The molecule has 2 aromatic rings. The van der Waals surface area contributed by atoms with Gasteiger partial charge in [0, 0.05) is 5.69 Å². The predicted octanol–water partition coefficient (Wildman–Crippen LogP) is 3.89. The first kappa shape index (κ1) is 19.4. The smallest absolute Gasteiger partial charge is 0.306 e.